The Morgan fingerprint density at radius 2 is 2.41 bits per heavy atom. The molecular formula is C12H20N4O. The molecule has 2 atom stereocenters. The number of ether oxygens (including phenoxy) is 1. The number of hydrazine groups is 1. The van der Waals surface area contributed by atoms with Gasteiger partial charge in [-0.15, -0.1) is 0 Å². The maximum atomic E-state index is 5.93. The van der Waals surface area contributed by atoms with Crippen LogP contribution >= 0.6 is 0 Å². The second-order valence-corrected chi connectivity index (χ2v) is 4.61. The topological polar surface area (TPSA) is 86.2 Å². The van der Waals surface area contributed by atoms with Gasteiger partial charge in [-0.25, -0.2) is 4.98 Å². The van der Waals surface area contributed by atoms with Gasteiger partial charge in [-0.05, 0) is 31.4 Å². The van der Waals surface area contributed by atoms with Gasteiger partial charge in [-0.3, -0.25) is 11.3 Å². The number of pyridine rings is 1. The summed E-state index contributed by atoms with van der Waals surface area (Å²) in [6.07, 6.45) is 3.94. The van der Waals surface area contributed by atoms with Gasteiger partial charge in [-0.2, -0.15) is 0 Å². The molecule has 94 valence electrons. The number of hydrogen-bond donors (Lipinski definition) is 3. The number of aromatic nitrogens is 1. The first-order valence-corrected chi connectivity index (χ1v) is 5.98. The van der Waals surface area contributed by atoms with Crippen LogP contribution in [0.4, 0.5) is 5.82 Å². The van der Waals surface area contributed by atoms with Crippen molar-refractivity contribution < 1.29 is 4.74 Å². The molecule has 5 nitrogen and oxygen atoms in total. The van der Waals surface area contributed by atoms with Crippen LogP contribution in [0.2, 0.25) is 0 Å². The zero-order valence-electron chi connectivity index (χ0n) is 10.1. The smallest absolute Gasteiger partial charge is 0.128 e. The molecule has 0 amide bonds. The van der Waals surface area contributed by atoms with Gasteiger partial charge in [-0.1, -0.05) is 0 Å². The van der Waals surface area contributed by atoms with Gasteiger partial charge in [0.05, 0.1) is 12.6 Å². The minimum atomic E-state index is 0.0164. The molecule has 2 rings (SSSR count). The molecule has 2 heterocycles. The van der Waals surface area contributed by atoms with Gasteiger partial charge < -0.3 is 10.5 Å². The van der Waals surface area contributed by atoms with Crippen molar-refractivity contribution in [2.24, 2.45) is 11.8 Å². The Labute approximate surface area is 102 Å². The van der Waals surface area contributed by atoms with Crippen LogP contribution in [0.5, 0.6) is 0 Å². The lowest BCUT2D eigenvalue weighted by molar-refractivity contribution is 0.0391. The second kappa shape index (κ2) is 5.44. The van der Waals surface area contributed by atoms with Crippen molar-refractivity contribution in [1.29, 1.82) is 0 Å². The van der Waals surface area contributed by atoms with E-state index >= 15 is 0 Å². The number of nitrogens with zero attached hydrogens (tertiary/aromatic N) is 1. The van der Waals surface area contributed by atoms with Crippen LogP contribution in [-0.4, -0.2) is 18.2 Å². The molecule has 17 heavy (non-hydrogen) atoms. The first-order valence-electron chi connectivity index (χ1n) is 5.98. The average Bonchev–Trinajstić information content (AvgIpc) is 2.36. The predicted octanol–water partition coefficient (Wildman–Crippen LogP) is 0.903. The van der Waals surface area contributed by atoms with Crippen molar-refractivity contribution in [3.63, 3.8) is 0 Å². The number of nitrogens with one attached hydrogen (secondary N) is 1. The van der Waals surface area contributed by atoms with Crippen molar-refractivity contribution in [3.8, 4) is 0 Å². The molecule has 0 saturated carbocycles. The molecule has 0 spiro atoms. The van der Waals surface area contributed by atoms with Crippen molar-refractivity contribution in [1.82, 2.24) is 10.4 Å². The molecule has 2 unspecified atom stereocenters. The van der Waals surface area contributed by atoms with E-state index in [-0.39, 0.29) is 6.04 Å². The van der Waals surface area contributed by atoms with Crippen LogP contribution in [0.3, 0.4) is 0 Å². The number of anilines is 1. The third-order valence-electron chi connectivity index (χ3n) is 3.27. The highest BCUT2D eigenvalue weighted by atomic mass is 16.5. The number of hydrogen-bond acceptors (Lipinski definition) is 5. The third-order valence-corrected chi connectivity index (χ3v) is 3.27. The fourth-order valence-electron chi connectivity index (χ4n) is 2.36. The molecule has 0 radical (unpaired) electrons. The highest BCUT2D eigenvalue weighted by Gasteiger charge is 2.26. The summed E-state index contributed by atoms with van der Waals surface area (Å²) in [5, 5.41) is 0. The van der Waals surface area contributed by atoms with Gasteiger partial charge in [0.15, 0.2) is 0 Å². The fourth-order valence-corrected chi connectivity index (χ4v) is 2.36. The number of aryl methyl sites for hydroxylation is 1. The standard InChI is InChI=1S/C12H20N4O/c1-8-5-10(12(13)15-6-8)11(16-14)9-3-2-4-17-7-9/h5-6,9,11,16H,2-4,7,14H2,1H3,(H2,13,15). The summed E-state index contributed by atoms with van der Waals surface area (Å²) in [6, 6.07) is 2.06. The summed E-state index contributed by atoms with van der Waals surface area (Å²) < 4.78 is 5.50. The van der Waals surface area contributed by atoms with E-state index in [0.29, 0.717) is 11.7 Å². The molecular weight excluding hydrogens is 216 g/mol. The van der Waals surface area contributed by atoms with Crippen molar-refractivity contribution in [2.75, 3.05) is 18.9 Å². The normalized spacial score (nSPS) is 22.4. The van der Waals surface area contributed by atoms with Gasteiger partial charge in [0.2, 0.25) is 0 Å². The van der Waals surface area contributed by atoms with E-state index in [1.807, 2.05) is 13.0 Å². The SMILES string of the molecule is Cc1cnc(N)c(C(NN)C2CCCOC2)c1. The highest BCUT2D eigenvalue weighted by molar-refractivity contribution is 5.43. The molecule has 1 aromatic rings. The summed E-state index contributed by atoms with van der Waals surface area (Å²) >= 11 is 0. The summed E-state index contributed by atoms with van der Waals surface area (Å²) in [5.74, 6) is 6.57. The summed E-state index contributed by atoms with van der Waals surface area (Å²) in [7, 11) is 0. The Bertz CT molecular complexity index is 377. The molecule has 0 aromatic carbocycles. The van der Waals surface area contributed by atoms with Crippen LogP contribution in [-0.2, 0) is 4.74 Å². The van der Waals surface area contributed by atoms with E-state index < -0.39 is 0 Å². The van der Waals surface area contributed by atoms with Gasteiger partial charge >= 0.3 is 0 Å². The van der Waals surface area contributed by atoms with Crippen LogP contribution in [0.25, 0.3) is 0 Å². The number of nitrogens with two attached hydrogens (primary N) is 2. The summed E-state index contributed by atoms with van der Waals surface area (Å²) in [4.78, 5) is 4.18. The molecule has 1 aliphatic heterocycles. The van der Waals surface area contributed by atoms with Crippen LogP contribution in [0.1, 0.15) is 30.0 Å². The lowest BCUT2D eigenvalue weighted by Crippen LogP contribution is -2.37. The largest absolute Gasteiger partial charge is 0.383 e. The molecule has 1 aliphatic rings. The molecule has 1 aromatic heterocycles. The minimum absolute atomic E-state index is 0.0164. The molecule has 5 heteroatoms. The zero-order valence-corrected chi connectivity index (χ0v) is 10.1. The third kappa shape index (κ3) is 2.74. The van der Waals surface area contributed by atoms with E-state index in [0.717, 1.165) is 37.2 Å². The lowest BCUT2D eigenvalue weighted by Gasteiger charge is -2.30. The molecule has 1 saturated heterocycles. The Hall–Kier alpha value is -1.17. The Balaban J connectivity index is 2.24. The van der Waals surface area contributed by atoms with E-state index in [1.54, 1.807) is 6.20 Å². The summed E-state index contributed by atoms with van der Waals surface area (Å²) in [5.41, 5.74) is 10.8. The quantitative estimate of drug-likeness (QED) is 0.536. The van der Waals surface area contributed by atoms with Crippen LogP contribution in [0.15, 0.2) is 12.3 Å². The zero-order chi connectivity index (χ0) is 12.3. The van der Waals surface area contributed by atoms with Gasteiger partial charge in [0.25, 0.3) is 0 Å². The Morgan fingerprint density at radius 3 is 3.06 bits per heavy atom. The average molecular weight is 236 g/mol. The van der Waals surface area contributed by atoms with Gasteiger partial charge in [0.1, 0.15) is 5.82 Å². The second-order valence-electron chi connectivity index (χ2n) is 4.61. The molecule has 0 bridgehead atoms. The van der Waals surface area contributed by atoms with Crippen molar-refractivity contribution >= 4 is 5.82 Å². The number of nitrogen functional groups attached to an aromatic ring is 1. The van der Waals surface area contributed by atoms with E-state index in [2.05, 4.69) is 10.4 Å². The van der Waals surface area contributed by atoms with E-state index in [9.17, 15) is 0 Å². The van der Waals surface area contributed by atoms with Gasteiger partial charge in [0, 0.05) is 24.3 Å². The fraction of sp³-hybridized carbons (Fsp3) is 0.583. The minimum Gasteiger partial charge on any atom is -0.383 e. The maximum absolute atomic E-state index is 5.93. The first kappa shape index (κ1) is 12.3. The molecule has 0 aliphatic carbocycles. The highest BCUT2D eigenvalue weighted by Crippen LogP contribution is 2.30. The predicted molar refractivity (Wildman–Crippen MR) is 67.0 cm³/mol. The maximum Gasteiger partial charge on any atom is 0.128 e. The summed E-state index contributed by atoms with van der Waals surface area (Å²) in [6.45, 7) is 3.57. The van der Waals surface area contributed by atoms with Crippen LogP contribution < -0.4 is 17.0 Å². The molecule has 1 fully saturated rings. The van der Waals surface area contributed by atoms with E-state index in [4.69, 9.17) is 16.3 Å². The van der Waals surface area contributed by atoms with E-state index in [1.165, 1.54) is 0 Å². The lowest BCUT2D eigenvalue weighted by atomic mass is 9.89. The molecule has 5 N–H and O–H groups in total. The number of rotatable bonds is 3. The van der Waals surface area contributed by atoms with Crippen molar-refractivity contribution in [2.45, 2.75) is 25.8 Å². The van der Waals surface area contributed by atoms with Crippen LogP contribution in [0, 0.1) is 12.8 Å². The first-order chi connectivity index (χ1) is 8.22. The monoisotopic (exact) mass is 236 g/mol. The Kier molecular flexibility index (Phi) is 3.93. The Morgan fingerprint density at radius 1 is 1.59 bits per heavy atom. The van der Waals surface area contributed by atoms with Crippen molar-refractivity contribution in [3.05, 3.63) is 23.4 Å².